The van der Waals surface area contributed by atoms with E-state index in [1.54, 1.807) is 0 Å². The van der Waals surface area contributed by atoms with Gasteiger partial charge in [-0.3, -0.25) is 4.79 Å². The van der Waals surface area contributed by atoms with Crippen LogP contribution in [0.25, 0.3) is 0 Å². The minimum Gasteiger partial charge on any atom is -0.366 e. The molecule has 7 heteroatoms. The summed E-state index contributed by atoms with van der Waals surface area (Å²) in [5.74, 6) is -0.853. The summed E-state index contributed by atoms with van der Waals surface area (Å²) in [5.41, 5.74) is 6.54. The van der Waals surface area contributed by atoms with Crippen molar-refractivity contribution in [3.63, 3.8) is 0 Å². The molecule has 68 valence electrons. The molecule has 0 atom stereocenters. The number of primary amides is 1. The summed E-state index contributed by atoms with van der Waals surface area (Å²) in [5, 5.41) is -0.0346. The van der Waals surface area contributed by atoms with Gasteiger partial charge in [0.25, 0.3) is 0 Å². The number of amides is 1. The quantitative estimate of drug-likeness (QED) is 0.546. The molecular formula is C5H6F3N3O. The summed E-state index contributed by atoms with van der Waals surface area (Å²) in [6, 6.07) is 0. The van der Waals surface area contributed by atoms with Crippen molar-refractivity contribution < 1.29 is 18.0 Å². The second kappa shape index (κ2) is 2.67. The Kier molecular flexibility index (Phi) is 1.97. The predicted molar refractivity (Wildman–Crippen MR) is 33.2 cm³/mol. The van der Waals surface area contributed by atoms with Crippen LogP contribution in [0.3, 0.4) is 0 Å². The van der Waals surface area contributed by atoms with E-state index in [0.717, 1.165) is 6.20 Å². The predicted octanol–water partition coefficient (Wildman–Crippen LogP) is -0.304. The molecule has 1 heterocycles. The van der Waals surface area contributed by atoms with E-state index >= 15 is 0 Å². The maximum Gasteiger partial charge on any atom is 0.477 e. The van der Waals surface area contributed by atoms with Gasteiger partial charge < -0.3 is 11.2 Å². The van der Waals surface area contributed by atoms with Gasteiger partial charge in [-0.25, -0.2) is 0 Å². The Morgan fingerprint density at radius 2 is 2.25 bits per heavy atom. The average molecular weight is 181 g/mol. The van der Waals surface area contributed by atoms with Crippen LogP contribution >= 0.6 is 0 Å². The molecule has 0 aromatic carbocycles. The maximum atomic E-state index is 11.9. The highest BCUT2D eigenvalue weighted by molar-refractivity contribution is 5.92. The summed E-state index contributed by atoms with van der Waals surface area (Å²) < 4.78 is 35.6. The third-order valence-electron chi connectivity index (χ3n) is 1.35. The highest BCUT2D eigenvalue weighted by Gasteiger charge is 2.40. The molecular weight excluding hydrogens is 175 g/mol. The second-order valence-electron chi connectivity index (χ2n) is 2.22. The number of nitrogens with one attached hydrogen (secondary N) is 1. The Morgan fingerprint density at radius 3 is 2.50 bits per heavy atom. The lowest BCUT2D eigenvalue weighted by Gasteiger charge is -2.18. The zero-order valence-corrected chi connectivity index (χ0v) is 5.85. The van der Waals surface area contributed by atoms with Crippen LogP contribution < -0.4 is 11.2 Å². The fourth-order valence-corrected chi connectivity index (χ4v) is 0.729. The van der Waals surface area contributed by atoms with Crippen molar-refractivity contribution in [3.8, 4) is 0 Å². The molecule has 0 aromatic rings. The molecule has 0 radical (unpaired) electrons. The van der Waals surface area contributed by atoms with Crippen LogP contribution in [0.2, 0.25) is 0 Å². The van der Waals surface area contributed by atoms with Gasteiger partial charge in [-0.2, -0.15) is 13.2 Å². The first-order valence-electron chi connectivity index (χ1n) is 3.00. The van der Waals surface area contributed by atoms with Gasteiger partial charge in [0.1, 0.15) is 0 Å². The maximum absolute atomic E-state index is 11.9. The molecule has 1 amide bonds. The van der Waals surface area contributed by atoms with E-state index in [4.69, 9.17) is 5.73 Å². The monoisotopic (exact) mass is 181 g/mol. The van der Waals surface area contributed by atoms with Crippen LogP contribution in [-0.2, 0) is 4.79 Å². The van der Waals surface area contributed by atoms with Crippen LogP contribution in [0.4, 0.5) is 13.2 Å². The number of nitrogens with two attached hydrogens (primary N) is 1. The smallest absolute Gasteiger partial charge is 0.366 e. The van der Waals surface area contributed by atoms with Crippen molar-refractivity contribution >= 4 is 5.91 Å². The number of nitrogens with zero attached hydrogens (tertiary/aromatic N) is 1. The van der Waals surface area contributed by atoms with Crippen molar-refractivity contribution in [3.05, 3.63) is 11.8 Å². The van der Waals surface area contributed by atoms with Crippen LogP contribution in [0.1, 0.15) is 0 Å². The fraction of sp³-hybridized carbons (Fsp3) is 0.400. The lowest BCUT2D eigenvalue weighted by atomic mass is 10.3. The van der Waals surface area contributed by atoms with Gasteiger partial charge in [0.05, 0.1) is 12.1 Å². The van der Waals surface area contributed by atoms with Gasteiger partial charge in [-0.05, 0) is 0 Å². The Labute approximate surface area is 65.8 Å². The van der Waals surface area contributed by atoms with E-state index < -0.39 is 18.8 Å². The van der Waals surface area contributed by atoms with Gasteiger partial charge in [0, 0.05) is 6.20 Å². The normalized spacial score (nSPS) is 18.8. The number of carbonyl (C=O) groups is 1. The first kappa shape index (κ1) is 8.85. The Morgan fingerprint density at radius 1 is 1.67 bits per heavy atom. The Bertz CT molecular complexity index is 235. The first-order chi connectivity index (χ1) is 5.41. The van der Waals surface area contributed by atoms with E-state index in [9.17, 15) is 18.0 Å². The molecule has 0 unspecified atom stereocenters. The van der Waals surface area contributed by atoms with Gasteiger partial charge in [0.15, 0.2) is 0 Å². The molecule has 0 bridgehead atoms. The minimum atomic E-state index is -4.49. The molecule has 12 heavy (non-hydrogen) atoms. The highest BCUT2D eigenvalue weighted by atomic mass is 19.4. The average Bonchev–Trinajstić information content (AvgIpc) is 2.30. The van der Waals surface area contributed by atoms with Crippen molar-refractivity contribution in [1.82, 2.24) is 10.4 Å². The van der Waals surface area contributed by atoms with Gasteiger partial charge >= 0.3 is 6.30 Å². The first-order valence-corrected chi connectivity index (χ1v) is 3.00. The van der Waals surface area contributed by atoms with Crippen molar-refractivity contribution in [2.24, 2.45) is 5.73 Å². The van der Waals surface area contributed by atoms with Gasteiger partial charge in [0.2, 0.25) is 5.91 Å². The molecule has 1 rings (SSSR count). The van der Waals surface area contributed by atoms with E-state index in [0.29, 0.717) is 0 Å². The van der Waals surface area contributed by atoms with Crippen LogP contribution in [0, 0.1) is 0 Å². The molecule has 0 spiro atoms. The second-order valence-corrected chi connectivity index (χ2v) is 2.22. The molecule has 0 saturated heterocycles. The van der Waals surface area contributed by atoms with E-state index in [1.165, 1.54) is 0 Å². The molecule has 0 aromatic heterocycles. The summed E-state index contributed by atoms with van der Waals surface area (Å²) in [7, 11) is 0. The number of halogens is 3. The molecule has 1 aliphatic rings. The number of carbonyl (C=O) groups excluding carboxylic acids is 1. The standard InChI is InChI=1S/C5H6F3N3O/c6-5(7,8)11-2-3(1-10-11)4(9)12/h1,10H,2H2,(H2,9,12). The lowest BCUT2D eigenvalue weighted by Crippen LogP contribution is -2.43. The highest BCUT2D eigenvalue weighted by Crippen LogP contribution is 2.22. The molecule has 0 aliphatic carbocycles. The topological polar surface area (TPSA) is 58.4 Å². The van der Waals surface area contributed by atoms with E-state index in [2.05, 4.69) is 0 Å². The fourth-order valence-electron chi connectivity index (χ4n) is 0.729. The zero-order valence-electron chi connectivity index (χ0n) is 5.85. The third kappa shape index (κ3) is 1.67. The van der Waals surface area contributed by atoms with Crippen LogP contribution in [-0.4, -0.2) is 23.8 Å². The Hall–Kier alpha value is -1.24. The number of alkyl halides is 3. The van der Waals surface area contributed by atoms with Crippen LogP contribution in [0.15, 0.2) is 11.8 Å². The minimum absolute atomic E-state index is 0.0346. The van der Waals surface area contributed by atoms with Crippen molar-refractivity contribution in [2.45, 2.75) is 6.30 Å². The van der Waals surface area contributed by atoms with Gasteiger partial charge in [-0.1, -0.05) is 0 Å². The molecule has 0 fully saturated rings. The largest absolute Gasteiger partial charge is 0.477 e. The summed E-state index contributed by atoms with van der Waals surface area (Å²) >= 11 is 0. The lowest BCUT2D eigenvalue weighted by molar-refractivity contribution is -0.252. The summed E-state index contributed by atoms with van der Waals surface area (Å²) in [4.78, 5) is 10.4. The van der Waals surface area contributed by atoms with E-state index in [-0.39, 0.29) is 10.6 Å². The zero-order chi connectivity index (χ0) is 9.35. The SMILES string of the molecule is NC(=O)C1=CNN(C(F)(F)F)C1. The number of rotatable bonds is 1. The molecule has 1 aliphatic heterocycles. The molecule has 3 N–H and O–H groups in total. The summed E-state index contributed by atoms with van der Waals surface area (Å²) in [6.07, 6.45) is -3.55. The third-order valence-corrected chi connectivity index (χ3v) is 1.35. The van der Waals surface area contributed by atoms with Crippen molar-refractivity contribution in [1.29, 1.82) is 0 Å². The summed E-state index contributed by atoms with van der Waals surface area (Å²) in [6.45, 7) is -0.543. The Balaban J connectivity index is 2.59. The van der Waals surface area contributed by atoms with Gasteiger partial charge in [-0.15, -0.1) is 5.01 Å². The van der Waals surface area contributed by atoms with Crippen molar-refractivity contribution in [2.75, 3.05) is 6.54 Å². The number of hydrogen-bond donors (Lipinski definition) is 2. The van der Waals surface area contributed by atoms with Crippen LogP contribution in [0.5, 0.6) is 0 Å². The van der Waals surface area contributed by atoms with E-state index in [1.807, 2.05) is 5.43 Å². The molecule has 4 nitrogen and oxygen atoms in total. The number of hydrazine groups is 1. The molecule has 0 saturated carbocycles. The number of hydrogen-bond acceptors (Lipinski definition) is 3.